The van der Waals surface area contributed by atoms with Gasteiger partial charge in [0.2, 0.25) is 0 Å². The fraction of sp³-hybridized carbons (Fsp3) is 0.500. The molecule has 0 N–H and O–H groups in total. The number of carbonyl (C=O) groups is 1. The van der Waals surface area contributed by atoms with Crippen LogP contribution in [0.3, 0.4) is 0 Å². The lowest BCUT2D eigenvalue weighted by molar-refractivity contribution is 0.0311. The average Bonchev–Trinajstić information content (AvgIpc) is 2.48. The molecular formula is C14H20O7S. The van der Waals surface area contributed by atoms with Crippen LogP contribution >= 0.6 is 0 Å². The van der Waals surface area contributed by atoms with Gasteiger partial charge in [-0.2, -0.15) is 8.42 Å². The Morgan fingerprint density at radius 3 is 2.18 bits per heavy atom. The van der Waals surface area contributed by atoms with Crippen molar-refractivity contribution in [1.82, 2.24) is 0 Å². The highest BCUT2D eigenvalue weighted by molar-refractivity contribution is 7.85. The second-order valence-corrected chi connectivity index (χ2v) is 6.02. The Morgan fingerprint density at radius 1 is 1.00 bits per heavy atom. The van der Waals surface area contributed by atoms with Crippen molar-refractivity contribution >= 4 is 16.1 Å². The van der Waals surface area contributed by atoms with E-state index in [1.165, 1.54) is 7.11 Å². The van der Waals surface area contributed by atoms with Crippen molar-refractivity contribution in [1.29, 1.82) is 0 Å². The summed E-state index contributed by atoms with van der Waals surface area (Å²) < 4.78 is 41.0. The summed E-state index contributed by atoms with van der Waals surface area (Å²) in [5, 5.41) is 0. The molecule has 0 radical (unpaired) electrons. The Bertz CT molecular complexity index is 551. The highest BCUT2D eigenvalue weighted by atomic mass is 32.2. The second kappa shape index (κ2) is 9.52. The number of methoxy groups -OCH3 is 1. The average molecular weight is 332 g/mol. The molecule has 0 saturated carbocycles. The summed E-state index contributed by atoms with van der Waals surface area (Å²) in [6.07, 6.45) is 0.988. The van der Waals surface area contributed by atoms with Crippen LogP contribution in [0.5, 0.6) is 0 Å². The third-order valence-electron chi connectivity index (χ3n) is 2.54. The van der Waals surface area contributed by atoms with Crippen molar-refractivity contribution in [2.45, 2.75) is 6.61 Å². The zero-order valence-electron chi connectivity index (χ0n) is 12.6. The Balaban J connectivity index is 2.11. The fourth-order valence-electron chi connectivity index (χ4n) is 1.51. The van der Waals surface area contributed by atoms with E-state index in [2.05, 4.69) is 8.92 Å². The summed E-state index contributed by atoms with van der Waals surface area (Å²) in [4.78, 5) is 11.3. The van der Waals surface area contributed by atoms with Crippen molar-refractivity contribution in [3.05, 3.63) is 35.4 Å². The zero-order chi connectivity index (χ0) is 16.4. The van der Waals surface area contributed by atoms with E-state index in [-0.39, 0.29) is 19.2 Å². The Morgan fingerprint density at radius 2 is 1.59 bits per heavy atom. The molecule has 8 heteroatoms. The van der Waals surface area contributed by atoms with Gasteiger partial charge >= 0.3 is 5.97 Å². The summed E-state index contributed by atoms with van der Waals surface area (Å²) >= 11 is 0. The largest absolute Gasteiger partial charge is 0.465 e. The molecule has 0 bridgehead atoms. The van der Waals surface area contributed by atoms with Gasteiger partial charge in [0.1, 0.15) is 0 Å². The van der Waals surface area contributed by atoms with Gasteiger partial charge in [-0.25, -0.2) is 4.79 Å². The number of hydrogen-bond donors (Lipinski definition) is 0. The molecule has 0 aromatic heterocycles. The van der Waals surface area contributed by atoms with Gasteiger partial charge in [0.15, 0.2) is 0 Å². The number of hydrogen-bond acceptors (Lipinski definition) is 7. The van der Waals surface area contributed by atoms with Crippen LogP contribution in [0.25, 0.3) is 0 Å². The zero-order valence-corrected chi connectivity index (χ0v) is 13.4. The van der Waals surface area contributed by atoms with E-state index >= 15 is 0 Å². The number of rotatable bonds is 10. The summed E-state index contributed by atoms with van der Waals surface area (Å²) in [7, 11) is -2.08. The first-order chi connectivity index (χ1) is 10.4. The first-order valence-electron chi connectivity index (χ1n) is 6.59. The van der Waals surface area contributed by atoms with E-state index in [1.807, 2.05) is 0 Å². The number of carbonyl (C=O) groups excluding carboxylic acids is 1. The van der Waals surface area contributed by atoms with Crippen molar-refractivity contribution in [3.8, 4) is 0 Å². The topological polar surface area (TPSA) is 88.1 Å². The van der Waals surface area contributed by atoms with Gasteiger partial charge in [-0.1, -0.05) is 12.1 Å². The monoisotopic (exact) mass is 332 g/mol. The van der Waals surface area contributed by atoms with Crippen LogP contribution in [0, 0.1) is 0 Å². The molecule has 0 heterocycles. The molecule has 0 fully saturated rings. The van der Waals surface area contributed by atoms with Gasteiger partial charge in [0, 0.05) is 0 Å². The first-order valence-corrected chi connectivity index (χ1v) is 8.41. The molecule has 0 aliphatic heterocycles. The maximum atomic E-state index is 11.3. The van der Waals surface area contributed by atoms with Crippen molar-refractivity contribution in [3.63, 3.8) is 0 Å². The molecule has 0 aliphatic rings. The molecule has 7 nitrogen and oxygen atoms in total. The van der Waals surface area contributed by atoms with Crippen molar-refractivity contribution in [2.24, 2.45) is 0 Å². The summed E-state index contributed by atoms with van der Waals surface area (Å²) in [5.74, 6) is -0.378. The van der Waals surface area contributed by atoms with Crippen LogP contribution < -0.4 is 0 Å². The van der Waals surface area contributed by atoms with Crippen LogP contribution in [-0.4, -0.2) is 54.2 Å². The number of esters is 1. The smallest absolute Gasteiger partial charge is 0.337 e. The van der Waals surface area contributed by atoms with Crippen LogP contribution in [0.1, 0.15) is 15.9 Å². The van der Waals surface area contributed by atoms with Crippen molar-refractivity contribution in [2.75, 3.05) is 39.8 Å². The van der Waals surface area contributed by atoms with E-state index < -0.39 is 10.1 Å². The van der Waals surface area contributed by atoms with E-state index in [0.717, 1.165) is 11.8 Å². The molecule has 124 valence electrons. The molecule has 1 rings (SSSR count). The SMILES string of the molecule is COC(=O)c1ccc(COCCOCCOS(C)(=O)=O)cc1. The minimum absolute atomic E-state index is 0.00613. The van der Waals surface area contributed by atoms with E-state index in [4.69, 9.17) is 9.47 Å². The standard InChI is InChI=1S/C14H20O7S/c1-18-14(15)13-5-3-12(4-6-13)11-20-8-7-19-9-10-21-22(2,16)17/h3-6H,7-11H2,1-2H3. The van der Waals surface area contributed by atoms with E-state index in [0.29, 0.717) is 25.4 Å². The van der Waals surface area contributed by atoms with E-state index in [1.54, 1.807) is 24.3 Å². The van der Waals surface area contributed by atoms with Crippen LogP contribution in [0.2, 0.25) is 0 Å². The van der Waals surface area contributed by atoms with E-state index in [9.17, 15) is 13.2 Å². The van der Waals surface area contributed by atoms with Crippen molar-refractivity contribution < 1.29 is 31.6 Å². The van der Waals surface area contributed by atoms with Gasteiger partial charge < -0.3 is 14.2 Å². The molecule has 22 heavy (non-hydrogen) atoms. The quantitative estimate of drug-likeness (QED) is 0.358. The Kier molecular flexibility index (Phi) is 8.03. The molecule has 0 unspecified atom stereocenters. The van der Waals surface area contributed by atoms with Gasteiger partial charge in [-0.05, 0) is 17.7 Å². The molecule has 1 aromatic rings. The normalized spacial score (nSPS) is 11.4. The molecule has 1 aromatic carbocycles. The maximum Gasteiger partial charge on any atom is 0.337 e. The predicted molar refractivity (Wildman–Crippen MR) is 79.1 cm³/mol. The minimum atomic E-state index is -3.41. The summed E-state index contributed by atoms with van der Waals surface area (Å²) in [6, 6.07) is 6.91. The molecule has 0 saturated heterocycles. The first kappa shape index (κ1) is 18.6. The van der Waals surface area contributed by atoms with Crippen LogP contribution in [0.4, 0.5) is 0 Å². The fourth-order valence-corrected chi connectivity index (χ4v) is 1.88. The lowest BCUT2D eigenvalue weighted by atomic mass is 10.1. The van der Waals surface area contributed by atoms with Gasteiger partial charge in [0.25, 0.3) is 10.1 Å². The number of ether oxygens (including phenoxy) is 3. The minimum Gasteiger partial charge on any atom is -0.465 e. The molecule has 0 amide bonds. The summed E-state index contributed by atoms with van der Waals surface area (Å²) in [6.45, 7) is 1.29. The van der Waals surface area contributed by atoms with Crippen LogP contribution in [0.15, 0.2) is 24.3 Å². The molecular weight excluding hydrogens is 312 g/mol. The maximum absolute atomic E-state index is 11.3. The second-order valence-electron chi connectivity index (χ2n) is 4.38. The Hall–Kier alpha value is -1.48. The highest BCUT2D eigenvalue weighted by Crippen LogP contribution is 2.06. The third kappa shape index (κ3) is 8.08. The summed E-state index contributed by atoms with van der Waals surface area (Å²) in [5.41, 5.74) is 1.41. The molecule has 0 spiro atoms. The van der Waals surface area contributed by atoms with Gasteiger partial charge in [0.05, 0.1) is 52.0 Å². The van der Waals surface area contributed by atoms with Gasteiger partial charge in [-0.15, -0.1) is 0 Å². The lowest BCUT2D eigenvalue weighted by Crippen LogP contribution is -2.12. The number of benzene rings is 1. The van der Waals surface area contributed by atoms with Crippen LogP contribution in [-0.2, 0) is 35.1 Å². The third-order valence-corrected chi connectivity index (χ3v) is 3.14. The highest BCUT2D eigenvalue weighted by Gasteiger charge is 2.04. The lowest BCUT2D eigenvalue weighted by Gasteiger charge is -2.06. The predicted octanol–water partition coefficient (Wildman–Crippen LogP) is 0.983. The molecule has 0 atom stereocenters. The van der Waals surface area contributed by atoms with Gasteiger partial charge in [-0.3, -0.25) is 4.18 Å². The Labute approximate surface area is 130 Å². The molecule has 0 aliphatic carbocycles.